The summed E-state index contributed by atoms with van der Waals surface area (Å²) < 4.78 is 55.7. The summed E-state index contributed by atoms with van der Waals surface area (Å²) in [6.45, 7) is 13.2. The minimum absolute atomic E-state index is 0. The number of aryl methyl sites for hydroxylation is 2. The predicted octanol–water partition coefficient (Wildman–Crippen LogP) is 12.4. The van der Waals surface area contributed by atoms with Gasteiger partial charge in [0, 0.05) is 112 Å². The Morgan fingerprint density at radius 3 is 1.59 bits per heavy atom. The van der Waals surface area contributed by atoms with Gasteiger partial charge in [-0.3, -0.25) is 19.6 Å². The fourth-order valence-corrected chi connectivity index (χ4v) is 9.21. The van der Waals surface area contributed by atoms with Gasteiger partial charge in [-0.2, -0.15) is 0 Å². The van der Waals surface area contributed by atoms with Crippen molar-refractivity contribution in [2.75, 3.05) is 0 Å². The van der Waals surface area contributed by atoms with Gasteiger partial charge in [0.2, 0.25) is 0 Å². The Kier molecular flexibility index (Phi) is 15.6. The Labute approximate surface area is 430 Å². The standard InChI is InChI=1S/C29H31F2N5O2.C28H30FN5O2.2H2/c1-4-23(5-2)36-17-21(10-11-27(36)37)25-16-32-18(3)28(34-25)26-12-24(35-38-26)20-8-6-19(7-9-20)15-33-22-13-29(30,31)14-22;1-4-21(5-2)34-16-19(7-11-27(34)35)25-15-30-17(3)28(32-25)26-13-24(33-36-26)22-10-6-18(12-23(22)29)14-31-20-8-9-20;;/h6-12,16-17,22-23,33H,4-5,13-15H2,1-3H3;6-7,10-13,15-16,20-21,31H,4-5,8-9,14H2,1-3H3;2*1H. The van der Waals surface area contributed by atoms with Crippen LogP contribution >= 0.6 is 0 Å². The van der Waals surface area contributed by atoms with Gasteiger partial charge in [-0.1, -0.05) is 68.3 Å². The highest BCUT2D eigenvalue weighted by Crippen LogP contribution is 2.38. The van der Waals surface area contributed by atoms with Crippen LogP contribution in [-0.2, 0) is 13.1 Å². The molecule has 74 heavy (non-hydrogen) atoms. The van der Waals surface area contributed by atoms with Crippen LogP contribution in [0.4, 0.5) is 13.2 Å². The summed E-state index contributed by atoms with van der Waals surface area (Å²) in [4.78, 5) is 43.5. The normalized spacial score (nSPS) is 14.3. The average Bonchev–Trinajstić information content (AvgIpc) is 3.87. The van der Waals surface area contributed by atoms with Crippen LogP contribution in [-0.4, -0.2) is 57.4 Å². The van der Waals surface area contributed by atoms with Crippen LogP contribution in [0, 0.1) is 19.7 Å². The van der Waals surface area contributed by atoms with E-state index in [9.17, 15) is 22.8 Å². The van der Waals surface area contributed by atoms with Crippen molar-refractivity contribution in [3.8, 4) is 67.9 Å². The van der Waals surface area contributed by atoms with E-state index in [-0.39, 0.29) is 50.8 Å². The molecule has 0 amide bonds. The van der Waals surface area contributed by atoms with Gasteiger partial charge in [-0.25, -0.2) is 23.1 Å². The first-order valence-corrected chi connectivity index (χ1v) is 25.5. The second-order valence-electron chi connectivity index (χ2n) is 19.3. The maximum Gasteiger partial charge on any atom is 0.251 e. The van der Waals surface area contributed by atoms with Crippen LogP contribution in [0.1, 0.15) is 117 Å². The molecule has 2 N–H and O–H groups in total. The Morgan fingerprint density at radius 1 is 0.622 bits per heavy atom. The Hall–Kier alpha value is -7.37. The zero-order valence-electron chi connectivity index (χ0n) is 42.5. The van der Waals surface area contributed by atoms with E-state index in [4.69, 9.17) is 19.0 Å². The van der Waals surface area contributed by atoms with Gasteiger partial charge >= 0.3 is 0 Å². The summed E-state index contributed by atoms with van der Waals surface area (Å²) in [5.41, 5.74) is 9.47. The molecule has 6 aromatic heterocycles. The molecule has 2 aliphatic carbocycles. The van der Waals surface area contributed by atoms with E-state index in [1.54, 1.807) is 64.0 Å². The number of benzene rings is 2. The lowest BCUT2D eigenvalue weighted by Crippen LogP contribution is -2.48. The highest BCUT2D eigenvalue weighted by molar-refractivity contribution is 5.70. The van der Waals surface area contributed by atoms with Crippen molar-refractivity contribution >= 4 is 0 Å². The van der Waals surface area contributed by atoms with E-state index in [0.29, 0.717) is 81.8 Å². The van der Waals surface area contributed by atoms with Crippen LogP contribution in [0.25, 0.3) is 67.9 Å². The Balaban J connectivity index is 0.000000216. The van der Waals surface area contributed by atoms with Gasteiger partial charge in [0.15, 0.2) is 11.5 Å². The third-order valence-corrected chi connectivity index (χ3v) is 14.0. The summed E-state index contributed by atoms with van der Waals surface area (Å²) in [5.74, 6) is -1.96. The highest BCUT2D eigenvalue weighted by Gasteiger charge is 2.44. The quantitative estimate of drug-likeness (QED) is 0.0834. The molecule has 0 radical (unpaired) electrons. The molecule has 2 aromatic carbocycles. The molecule has 8 aromatic rings. The van der Waals surface area contributed by atoms with E-state index in [2.05, 4.69) is 58.6 Å². The third kappa shape index (κ3) is 11.8. The molecule has 10 rings (SSSR count). The molecule has 17 heteroatoms. The monoisotopic (exact) mass is 1010 g/mol. The summed E-state index contributed by atoms with van der Waals surface area (Å²) in [6.07, 6.45) is 12.7. The molecule has 0 aliphatic heterocycles. The van der Waals surface area contributed by atoms with Crippen molar-refractivity contribution in [2.24, 2.45) is 0 Å². The molecular formula is C57H65F3N10O4. The lowest BCUT2D eigenvalue weighted by Gasteiger charge is -2.35. The van der Waals surface area contributed by atoms with Crippen molar-refractivity contribution in [1.29, 1.82) is 0 Å². The molecule has 0 atom stereocenters. The number of halogens is 3. The summed E-state index contributed by atoms with van der Waals surface area (Å²) in [5, 5.41) is 14.9. The average molecular weight is 1010 g/mol. The molecule has 0 bridgehead atoms. The topological polar surface area (TPSA) is 172 Å². The molecule has 14 nitrogen and oxygen atoms in total. The van der Waals surface area contributed by atoms with Gasteiger partial charge < -0.3 is 28.8 Å². The fraction of sp³-hybridized carbons (Fsp3) is 0.368. The Bertz CT molecular complexity index is 3360. The van der Waals surface area contributed by atoms with Crippen LogP contribution in [0.15, 0.2) is 122 Å². The summed E-state index contributed by atoms with van der Waals surface area (Å²) in [6, 6.07) is 23.8. The smallest absolute Gasteiger partial charge is 0.251 e. The first-order chi connectivity index (χ1) is 35.7. The molecule has 0 saturated heterocycles. The summed E-state index contributed by atoms with van der Waals surface area (Å²) in [7, 11) is 0. The molecule has 0 unspecified atom stereocenters. The van der Waals surface area contributed by atoms with E-state index in [0.717, 1.165) is 53.5 Å². The van der Waals surface area contributed by atoms with Gasteiger partial charge in [0.1, 0.15) is 28.6 Å². The fourth-order valence-electron chi connectivity index (χ4n) is 9.21. The minimum Gasteiger partial charge on any atom is -0.354 e. The predicted molar refractivity (Wildman–Crippen MR) is 283 cm³/mol. The van der Waals surface area contributed by atoms with Crippen molar-refractivity contribution in [1.82, 2.24) is 50.0 Å². The minimum atomic E-state index is -2.52. The number of pyridine rings is 2. The number of rotatable bonds is 18. The maximum atomic E-state index is 14.9. The molecule has 6 heterocycles. The van der Waals surface area contributed by atoms with Crippen LogP contribution in [0.3, 0.4) is 0 Å². The maximum absolute atomic E-state index is 14.9. The van der Waals surface area contributed by atoms with Crippen LogP contribution in [0.2, 0.25) is 0 Å². The lowest BCUT2D eigenvalue weighted by molar-refractivity contribution is -0.0930. The van der Waals surface area contributed by atoms with E-state index >= 15 is 0 Å². The largest absolute Gasteiger partial charge is 0.354 e. The number of nitrogens with zero attached hydrogens (tertiary/aromatic N) is 8. The molecule has 388 valence electrons. The van der Waals surface area contributed by atoms with Crippen molar-refractivity contribution < 1.29 is 25.1 Å². The molecule has 2 saturated carbocycles. The number of hydrogen-bond acceptors (Lipinski definition) is 12. The first kappa shape index (κ1) is 51.5. The van der Waals surface area contributed by atoms with E-state index in [1.807, 2.05) is 62.6 Å². The number of nitrogens with one attached hydrogen (secondary N) is 2. The molecule has 2 fully saturated rings. The van der Waals surface area contributed by atoms with Crippen molar-refractivity contribution in [3.05, 3.63) is 153 Å². The third-order valence-electron chi connectivity index (χ3n) is 14.0. The zero-order valence-corrected chi connectivity index (χ0v) is 42.5. The zero-order chi connectivity index (χ0) is 52.1. The number of aromatic nitrogens is 8. The van der Waals surface area contributed by atoms with Gasteiger partial charge in [0.05, 0.1) is 35.2 Å². The molecule has 0 spiro atoms. The van der Waals surface area contributed by atoms with E-state index < -0.39 is 5.92 Å². The van der Waals surface area contributed by atoms with E-state index in [1.165, 1.54) is 12.8 Å². The van der Waals surface area contributed by atoms with Gasteiger partial charge in [0.25, 0.3) is 17.0 Å². The van der Waals surface area contributed by atoms with Crippen molar-refractivity contribution in [3.63, 3.8) is 0 Å². The number of alkyl halides is 2. The first-order valence-electron chi connectivity index (χ1n) is 25.5. The van der Waals surface area contributed by atoms with Gasteiger partial charge in [-0.05, 0) is 87.8 Å². The second kappa shape index (κ2) is 22.4. The summed E-state index contributed by atoms with van der Waals surface area (Å²) >= 11 is 0. The van der Waals surface area contributed by atoms with Crippen LogP contribution < -0.4 is 21.8 Å². The van der Waals surface area contributed by atoms with Crippen molar-refractivity contribution in [2.45, 2.75) is 136 Å². The highest BCUT2D eigenvalue weighted by atomic mass is 19.3. The number of hydrogen-bond donors (Lipinski definition) is 2. The SMILES string of the molecule is CCC(CC)n1cc(-c2cnc(C)c(-c3cc(-c4ccc(CNC5CC(F)(F)C5)cc4)no3)n2)ccc1=O.CCC(CC)n1cc(-c2cnc(C)c(-c3cc(-c4ccc(CNC5CC5)cc4F)no3)n2)ccc1=O.[HH].[HH]. The lowest BCUT2D eigenvalue weighted by atomic mass is 9.88. The Morgan fingerprint density at radius 2 is 1.09 bits per heavy atom. The molecule has 2 aliphatic rings. The molecular weight excluding hydrogens is 946 g/mol. The second-order valence-corrected chi connectivity index (χ2v) is 19.3. The van der Waals surface area contributed by atoms with Gasteiger partial charge in [-0.15, -0.1) is 0 Å². The van der Waals surface area contributed by atoms with Crippen LogP contribution in [0.5, 0.6) is 0 Å².